The van der Waals surface area contributed by atoms with Crippen LogP contribution >= 0.6 is 0 Å². The lowest BCUT2D eigenvalue weighted by molar-refractivity contribution is -0.0755. The SMILES string of the molecule is COCC1(COC)C[C@@H](N)c2cc(F)ccc2O1. The van der Waals surface area contributed by atoms with Gasteiger partial charge in [0, 0.05) is 32.2 Å². The number of fused-ring (bicyclic) bond motifs is 1. The highest BCUT2D eigenvalue weighted by Crippen LogP contribution is 2.39. The molecule has 1 atom stereocenters. The maximum atomic E-state index is 13.2. The first-order chi connectivity index (χ1) is 8.60. The van der Waals surface area contributed by atoms with Crippen molar-refractivity contribution in [3.05, 3.63) is 29.6 Å². The Bertz CT molecular complexity index is 419. The molecule has 0 unspecified atom stereocenters. The third-order valence-corrected chi connectivity index (χ3v) is 3.10. The molecule has 2 N–H and O–H groups in total. The van der Waals surface area contributed by atoms with E-state index in [1.165, 1.54) is 12.1 Å². The first-order valence-corrected chi connectivity index (χ1v) is 5.82. The second-order valence-corrected chi connectivity index (χ2v) is 4.64. The largest absolute Gasteiger partial charge is 0.482 e. The summed E-state index contributed by atoms with van der Waals surface area (Å²) in [7, 11) is 3.21. The van der Waals surface area contributed by atoms with Crippen LogP contribution < -0.4 is 10.5 Å². The molecular formula is C13H18FNO3. The van der Waals surface area contributed by atoms with Gasteiger partial charge in [0.05, 0.1) is 13.2 Å². The van der Waals surface area contributed by atoms with Crippen LogP contribution in [0.5, 0.6) is 5.75 Å². The minimum atomic E-state index is -0.603. The monoisotopic (exact) mass is 255 g/mol. The third kappa shape index (κ3) is 2.48. The fourth-order valence-corrected chi connectivity index (χ4v) is 2.43. The molecule has 1 aromatic rings. The molecule has 5 heteroatoms. The standard InChI is InChI=1S/C13H18FNO3/c1-16-7-13(8-17-2)6-11(15)10-5-9(14)3-4-12(10)18-13/h3-5,11H,6-8,15H2,1-2H3/t11-/m1/s1. The molecule has 0 saturated carbocycles. The van der Waals surface area contributed by atoms with E-state index >= 15 is 0 Å². The lowest BCUT2D eigenvalue weighted by atomic mass is 9.88. The van der Waals surface area contributed by atoms with Gasteiger partial charge in [-0.1, -0.05) is 0 Å². The number of methoxy groups -OCH3 is 2. The number of nitrogens with two attached hydrogens (primary N) is 1. The van der Waals surface area contributed by atoms with Gasteiger partial charge in [0.25, 0.3) is 0 Å². The van der Waals surface area contributed by atoms with Crippen LogP contribution in [-0.2, 0) is 9.47 Å². The summed E-state index contributed by atoms with van der Waals surface area (Å²) in [6.45, 7) is 0.761. The summed E-state index contributed by atoms with van der Waals surface area (Å²) < 4.78 is 29.5. The zero-order valence-corrected chi connectivity index (χ0v) is 10.6. The molecule has 4 nitrogen and oxygen atoms in total. The van der Waals surface area contributed by atoms with Crippen LogP contribution in [0.3, 0.4) is 0 Å². The second-order valence-electron chi connectivity index (χ2n) is 4.64. The molecule has 0 amide bonds. The average molecular weight is 255 g/mol. The van der Waals surface area contributed by atoms with Crippen LogP contribution in [0.15, 0.2) is 18.2 Å². The van der Waals surface area contributed by atoms with E-state index < -0.39 is 5.60 Å². The van der Waals surface area contributed by atoms with Gasteiger partial charge in [0.1, 0.15) is 11.6 Å². The van der Waals surface area contributed by atoms with Crippen molar-refractivity contribution < 1.29 is 18.6 Å². The molecule has 0 saturated heterocycles. The molecule has 1 aromatic carbocycles. The summed E-state index contributed by atoms with van der Waals surface area (Å²) in [5, 5.41) is 0. The van der Waals surface area contributed by atoms with E-state index in [-0.39, 0.29) is 11.9 Å². The minimum absolute atomic E-state index is 0.283. The molecule has 0 spiro atoms. The van der Waals surface area contributed by atoms with E-state index in [0.717, 1.165) is 0 Å². The third-order valence-electron chi connectivity index (χ3n) is 3.10. The molecule has 0 bridgehead atoms. The van der Waals surface area contributed by atoms with E-state index in [0.29, 0.717) is 30.9 Å². The molecule has 100 valence electrons. The van der Waals surface area contributed by atoms with Gasteiger partial charge in [-0.15, -0.1) is 0 Å². The fraction of sp³-hybridized carbons (Fsp3) is 0.538. The number of rotatable bonds is 4. The number of benzene rings is 1. The Balaban J connectivity index is 2.32. The van der Waals surface area contributed by atoms with Gasteiger partial charge < -0.3 is 19.9 Å². The van der Waals surface area contributed by atoms with E-state index in [4.69, 9.17) is 19.9 Å². The zero-order chi connectivity index (χ0) is 13.2. The molecule has 0 aliphatic carbocycles. The van der Waals surface area contributed by atoms with Crippen LogP contribution in [0.2, 0.25) is 0 Å². The Hall–Kier alpha value is -1.17. The Kier molecular flexibility index (Phi) is 3.85. The summed E-state index contributed by atoms with van der Waals surface area (Å²) in [5.74, 6) is 0.294. The van der Waals surface area contributed by atoms with E-state index in [2.05, 4.69) is 0 Å². The van der Waals surface area contributed by atoms with Gasteiger partial charge in [-0.2, -0.15) is 0 Å². The van der Waals surface area contributed by atoms with Crippen molar-refractivity contribution in [1.29, 1.82) is 0 Å². The summed E-state index contributed by atoms with van der Waals surface area (Å²) in [5.41, 5.74) is 6.18. The van der Waals surface area contributed by atoms with Crippen LogP contribution in [0.1, 0.15) is 18.0 Å². The normalized spacial score (nSPS) is 21.2. The highest BCUT2D eigenvalue weighted by atomic mass is 19.1. The van der Waals surface area contributed by atoms with Crippen molar-refractivity contribution in [2.45, 2.75) is 18.1 Å². The molecule has 2 rings (SSSR count). The topological polar surface area (TPSA) is 53.7 Å². The molecule has 1 aliphatic rings. The predicted molar refractivity (Wildman–Crippen MR) is 65.1 cm³/mol. The van der Waals surface area contributed by atoms with Crippen molar-refractivity contribution in [2.75, 3.05) is 27.4 Å². The van der Waals surface area contributed by atoms with Gasteiger partial charge in [-0.3, -0.25) is 0 Å². The predicted octanol–water partition coefficient (Wildman–Crippen LogP) is 1.64. The molecule has 1 heterocycles. The number of hydrogen-bond acceptors (Lipinski definition) is 4. The molecular weight excluding hydrogens is 237 g/mol. The van der Waals surface area contributed by atoms with Gasteiger partial charge in [-0.05, 0) is 18.2 Å². The highest BCUT2D eigenvalue weighted by molar-refractivity contribution is 5.39. The summed E-state index contributed by atoms with van der Waals surface area (Å²) in [6, 6.07) is 4.10. The summed E-state index contributed by atoms with van der Waals surface area (Å²) >= 11 is 0. The second kappa shape index (κ2) is 5.22. The molecule has 0 fully saturated rings. The van der Waals surface area contributed by atoms with Gasteiger partial charge >= 0.3 is 0 Å². The Labute approximate surface area is 106 Å². The Morgan fingerprint density at radius 2 is 2.06 bits per heavy atom. The number of ether oxygens (including phenoxy) is 3. The lowest BCUT2D eigenvalue weighted by Crippen LogP contribution is -2.50. The van der Waals surface area contributed by atoms with Crippen molar-refractivity contribution in [2.24, 2.45) is 5.73 Å². The van der Waals surface area contributed by atoms with Crippen LogP contribution in [-0.4, -0.2) is 33.0 Å². The van der Waals surface area contributed by atoms with Crippen molar-refractivity contribution >= 4 is 0 Å². The number of halogens is 1. The lowest BCUT2D eigenvalue weighted by Gasteiger charge is -2.40. The van der Waals surface area contributed by atoms with Crippen LogP contribution in [0.25, 0.3) is 0 Å². The van der Waals surface area contributed by atoms with E-state index in [1.54, 1.807) is 20.3 Å². The smallest absolute Gasteiger partial charge is 0.157 e. The highest BCUT2D eigenvalue weighted by Gasteiger charge is 2.40. The summed E-state index contributed by atoms with van der Waals surface area (Å²) in [4.78, 5) is 0. The first-order valence-electron chi connectivity index (χ1n) is 5.82. The van der Waals surface area contributed by atoms with Crippen molar-refractivity contribution in [1.82, 2.24) is 0 Å². The molecule has 0 radical (unpaired) electrons. The Morgan fingerprint density at radius 3 is 2.67 bits per heavy atom. The average Bonchev–Trinajstić information content (AvgIpc) is 2.31. The maximum Gasteiger partial charge on any atom is 0.157 e. The van der Waals surface area contributed by atoms with Crippen molar-refractivity contribution in [3.8, 4) is 5.75 Å². The van der Waals surface area contributed by atoms with Gasteiger partial charge in [0.2, 0.25) is 0 Å². The molecule has 18 heavy (non-hydrogen) atoms. The summed E-state index contributed by atoms with van der Waals surface area (Å²) in [6.07, 6.45) is 0.533. The minimum Gasteiger partial charge on any atom is -0.482 e. The zero-order valence-electron chi connectivity index (χ0n) is 10.6. The van der Waals surface area contributed by atoms with Gasteiger partial charge in [0.15, 0.2) is 5.60 Å². The first kappa shape index (κ1) is 13.3. The maximum absolute atomic E-state index is 13.2. The van der Waals surface area contributed by atoms with Gasteiger partial charge in [-0.25, -0.2) is 4.39 Å². The number of hydrogen-bond donors (Lipinski definition) is 1. The Morgan fingerprint density at radius 1 is 1.39 bits per heavy atom. The van der Waals surface area contributed by atoms with Crippen molar-refractivity contribution in [3.63, 3.8) is 0 Å². The van der Waals surface area contributed by atoms with E-state index in [1.807, 2.05) is 0 Å². The molecule has 1 aliphatic heterocycles. The van der Waals surface area contributed by atoms with E-state index in [9.17, 15) is 4.39 Å². The quantitative estimate of drug-likeness (QED) is 0.888. The fourth-order valence-electron chi connectivity index (χ4n) is 2.43. The van der Waals surface area contributed by atoms with Crippen LogP contribution in [0, 0.1) is 5.82 Å². The van der Waals surface area contributed by atoms with Crippen LogP contribution in [0.4, 0.5) is 4.39 Å². The molecule has 0 aromatic heterocycles.